The highest BCUT2D eigenvalue weighted by molar-refractivity contribution is 7.98. The summed E-state index contributed by atoms with van der Waals surface area (Å²) in [6.45, 7) is 41.5. The molecule has 0 spiro atoms. The molecule has 15 rings (SSSR count). The van der Waals surface area contributed by atoms with Crippen molar-refractivity contribution in [3.05, 3.63) is 386 Å². The van der Waals surface area contributed by atoms with Gasteiger partial charge in [-0.3, -0.25) is 25.0 Å². The monoisotopic (exact) mass is 1730 g/mol. The molecule has 0 bridgehead atoms. The van der Waals surface area contributed by atoms with Gasteiger partial charge in [0.2, 0.25) is 0 Å². The molecular formula is C115H121F3N10S. The molecule has 15 aromatic rings. The summed E-state index contributed by atoms with van der Waals surface area (Å²) in [7, 11) is 0. The second-order valence-corrected chi connectivity index (χ2v) is 35.6. The lowest BCUT2D eigenvalue weighted by atomic mass is 9.93. The number of fused-ring (bicyclic) bond motifs is 2. The van der Waals surface area contributed by atoms with Crippen LogP contribution in [0.4, 0.5) is 41.6 Å². The van der Waals surface area contributed by atoms with Gasteiger partial charge < -0.3 is 0 Å². The van der Waals surface area contributed by atoms with E-state index in [9.17, 15) is 13.2 Å². The predicted molar refractivity (Wildman–Crippen MR) is 545 cm³/mol. The molecule has 10 aromatic carbocycles. The second kappa shape index (κ2) is 46.1. The summed E-state index contributed by atoms with van der Waals surface area (Å²) in [6, 6.07) is 95.7. The standard InChI is InChI=1S/C27H32N2.C25H25F3N2.C24H26N2.C22H24N2.C17H14N2S/c1-17(2)23-11-9-12-24(18(3)4)27(23)28-16-22-10-8-13-25(29-22)26-20(6)14-19(5)15-21(26)7;1-16(2)19-11-8-12-20(17(3)4)24(19)29-15-18-9-7-14-23(30-18)21-10-5-6-13-22(21)25(26,27)28;1-17(2)21-13-9-14-22(18(3)4)24(21)25-16-20-12-8-15-23(26-20)19-10-6-5-7-11-19;1-15(2)19-9-7-10-20(16(3)4)22(19)23-14-18-13-12-17-8-5-6-11-21(17)24-18;1-20-17-9-5-4-8-16(17)18-12-14-11-10-13-6-2-3-7-15(13)19-14/h8-18H,1-7H3;5-17H,1-4H3;5-18H,1-4H3;5-16H,1-4H3;2-12H,1H3. The maximum Gasteiger partial charge on any atom is 0.417 e. The molecule has 0 aliphatic rings. The van der Waals surface area contributed by atoms with Gasteiger partial charge >= 0.3 is 6.18 Å². The maximum atomic E-state index is 13.4. The molecule has 658 valence electrons. The van der Waals surface area contributed by atoms with Gasteiger partial charge in [0.15, 0.2) is 0 Å². The van der Waals surface area contributed by atoms with E-state index in [0.717, 1.165) is 107 Å². The highest BCUT2D eigenvalue weighted by atomic mass is 32.2. The van der Waals surface area contributed by atoms with Crippen molar-refractivity contribution in [2.24, 2.45) is 25.0 Å². The molecule has 5 aromatic heterocycles. The zero-order valence-corrected chi connectivity index (χ0v) is 79.0. The Labute approximate surface area is 767 Å². The fourth-order valence-corrected chi connectivity index (χ4v) is 16.1. The lowest BCUT2D eigenvalue weighted by Gasteiger charge is -2.16. The SMILES string of the molecule is CC(C)c1cccc(C(C)C)c1N=Cc1ccc2ccccc2n1.CC(C)c1cccc(C(C)C)c1N=Cc1cccc(-c2ccccc2)n1.CC(C)c1cccc(C(C)C)c1N=Cc1cccc(-c2ccccc2C(F)(F)F)n1.CSc1ccccc1N=Cc1ccc2ccccc2n1.Cc1cc(C)c(-c2cccc(C=Nc3c(C(C)C)cccc3C(C)C)n2)c(C)c1. The van der Waals surface area contributed by atoms with Crippen LogP contribution in [0.2, 0.25) is 0 Å². The van der Waals surface area contributed by atoms with Crippen molar-refractivity contribution < 1.29 is 13.2 Å². The van der Waals surface area contributed by atoms with Crippen molar-refractivity contribution >= 4 is 93.1 Å². The number of para-hydroxylation sites is 7. The van der Waals surface area contributed by atoms with E-state index in [4.69, 9.17) is 34.9 Å². The number of halogens is 3. The number of pyridine rings is 5. The smallest absolute Gasteiger partial charge is 0.254 e. The van der Waals surface area contributed by atoms with E-state index in [1.54, 1.807) is 42.2 Å². The van der Waals surface area contributed by atoms with Crippen LogP contribution in [0.15, 0.2) is 321 Å². The average Bonchev–Trinajstić information content (AvgIpc) is 0.809. The quantitative estimate of drug-likeness (QED) is 0.0491. The summed E-state index contributed by atoms with van der Waals surface area (Å²) in [6.07, 6.45) is 6.76. The highest BCUT2D eigenvalue weighted by Gasteiger charge is 2.34. The van der Waals surface area contributed by atoms with E-state index in [0.29, 0.717) is 53.0 Å². The van der Waals surface area contributed by atoms with Crippen molar-refractivity contribution in [2.45, 2.75) is 190 Å². The van der Waals surface area contributed by atoms with Crippen LogP contribution in [0.25, 0.3) is 55.6 Å². The van der Waals surface area contributed by atoms with Crippen LogP contribution in [0.1, 0.15) is 253 Å². The summed E-state index contributed by atoms with van der Waals surface area (Å²) in [5, 5.41) is 2.30. The van der Waals surface area contributed by atoms with E-state index in [1.807, 2.05) is 140 Å². The molecule has 0 aliphatic carbocycles. The minimum absolute atomic E-state index is 0.0608. The Morgan fingerprint density at radius 1 is 0.287 bits per heavy atom. The fraction of sp³-hybridized carbons (Fsp3) is 0.252. The topological polar surface area (TPSA) is 126 Å². The number of nitrogens with zero attached hydrogens (tertiary/aromatic N) is 10. The van der Waals surface area contributed by atoms with Gasteiger partial charge in [-0.25, -0.2) is 24.9 Å². The number of benzene rings is 10. The summed E-state index contributed by atoms with van der Waals surface area (Å²) in [5.41, 5.74) is 28.9. The van der Waals surface area contributed by atoms with E-state index in [-0.39, 0.29) is 11.3 Å². The van der Waals surface area contributed by atoms with Crippen LogP contribution in [0.5, 0.6) is 0 Å². The normalized spacial score (nSPS) is 11.8. The van der Waals surface area contributed by atoms with Gasteiger partial charge in [0.1, 0.15) is 0 Å². The molecule has 0 N–H and O–H groups in total. The summed E-state index contributed by atoms with van der Waals surface area (Å²) < 4.78 is 40.2. The zero-order chi connectivity index (χ0) is 92.4. The Morgan fingerprint density at radius 2 is 0.597 bits per heavy atom. The molecule has 0 saturated heterocycles. The van der Waals surface area contributed by atoms with Crippen molar-refractivity contribution in [3.63, 3.8) is 0 Å². The first-order valence-corrected chi connectivity index (χ1v) is 45.9. The molecular weight excluding hydrogens is 1610 g/mol. The molecule has 14 heteroatoms. The lowest BCUT2D eigenvalue weighted by Crippen LogP contribution is -2.07. The van der Waals surface area contributed by atoms with E-state index >= 15 is 0 Å². The Hall–Kier alpha value is -13.0. The van der Waals surface area contributed by atoms with Crippen LogP contribution in [0, 0.1) is 20.8 Å². The summed E-state index contributed by atoms with van der Waals surface area (Å²) >= 11 is 1.70. The van der Waals surface area contributed by atoms with Gasteiger partial charge in [-0.05, 0) is 209 Å². The first-order valence-electron chi connectivity index (χ1n) is 44.7. The van der Waals surface area contributed by atoms with Crippen LogP contribution >= 0.6 is 11.8 Å². The van der Waals surface area contributed by atoms with Gasteiger partial charge in [0.25, 0.3) is 0 Å². The average molecular weight is 1730 g/mol. The number of hydrogen-bond acceptors (Lipinski definition) is 11. The maximum absolute atomic E-state index is 13.4. The highest BCUT2D eigenvalue weighted by Crippen LogP contribution is 2.41. The molecule has 5 heterocycles. The summed E-state index contributed by atoms with van der Waals surface area (Å²) in [5.74, 6) is 3.22. The minimum atomic E-state index is -4.44. The molecule has 0 radical (unpaired) electrons. The number of rotatable bonds is 22. The third-order valence-electron chi connectivity index (χ3n) is 22.2. The molecule has 10 nitrogen and oxygen atoms in total. The molecule has 0 amide bonds. The van der Waals surface area contributed by atoms with Gasteiger partial charge in [-0.15, -0.1) is 11.8 Å². The number of hydrogen-bond donors (Lipinski definition) is 0. The minimum Gasteiger partial charge on any atom is -0.254 e. The molecule has 0 aliphatic heterocycles. The Bertz CT molecular complexity index is 6300. The number of alkyl halides is 3. The number of aryl methyl sites for hydroxylation is 3. The van der Waals surface area contributed by atoms with Crippen LogP contribution in [0.3, 0.4) is 0 Å². The van der Waals surface area contributed by atoms with Crippen LogP contribution < -0.4 is 0 Å². The first-order chi connectivity index (χ1) is 61.9. The largest absolute Gasteiger partial charge is 0.417 e. The van der Waals surface area contributed by atoms with E-state index in [1.165, 1.54) is 72.7 Å². The van der Waals surface area contributed by atoms with Crippen molar-refractivity contribution in [1.82, 2.24) is 24.9 Å². The Balaban J connectivity index is 0.000000157. The predicted octanol–water partition coefficient (Wildman–Crippen LogP) is 33.1. The van der Waals surface area contributed by atoms with Gasteiger partial charge in [0.05, 0.1) is 122 Å². The third-order valence-corrected chi connectivity index (χ3v) is 22.9. The van der Waals surface area contributed by atoms with Gasteiger partial charge in [-0.1, -0.05) is 329 Å². The van der Waals surface area contributed by atoms with Crippen LogP contribution in [-0.2, 0) is 6.18 Å². The Morgan fingerprint density at radius 3 is 0.984 bits per heavy atom. The van der Waals surface area contributed by atoms with E-state index in [2.05, 4.69) is 286 Å². The molecule has 129 heavy (non-hydrogen) atoms. The molecule has 0 unspecified atom stereocenters. The number of aromatic nitrogens is 5. The molecule has 0 saturated carbocycles. The lowest BCUT2D eigenvalue weighted by molar-refractivity contribution is -0.137. The number of thioether (sulfide) groups is 1. The molecule has 0 atom stereocenters. The Kier molecular flexibility index (Phi) is 34.5. The van der Waals surface area contributed by atoms with Gasteiger partial charge in [0, 0.05) is 32.4 Å². The molecule has 0 fully saturated rings. The fourth-order valence-electron chi connectivity index (χ4n) is 15.5. The first kappa shape index (κ1) is 96.6. The number of aliphatic imine (C=N–C) groups is 5. The van der Waals surface area contributed by atoms with Crippen LogP contribution in [-0.4, -0.2) is 62.2 Å². The zero-order valence-electron chi connectivity index (χ0n) is 78.2. The van der Waals surface area contributed by atoms with E-state index < -0.39 is 11.7 Å². The van der Waals surface area contributed by atoms with Crippen molar-refractivity contribution in [3.8, 4) is 33.8 Å². The third kappa shape index (κ3) is 26.3. The summed E-state index contributed by atoms with van der Waals surface area (Å²) in [4.78, 5) is 48.4. The van der Waals surface area contributed by atoms with Crippen molar-refractivity contribution in [2.75, 3.05) is 6.26 Å². The van der Waals surface area contributed by atoms with Gasteiger partial charge in [-0.2, -0.15) is 13.2 Å². The van der Waals surface area contributed by atoms with Crippen molar-refractivity contribution in [1.29, 1.82) is 0 Å². The second-order valence-electron chi connectivity index (χ2n) is 34.7.